The van der Waals surface area contributed by atoms with Gasteiger partial charge in [-0.05, 0) is 43.4 Å². The zero-order valence-electron chi connectivity index (χ0n) is 21.3. The Morgan fingerprint density at radius 2 is 2.02 bits per heavy atom. The first-order chi connectivity index (χ1) is 19.6. The molecule has 0 bridgehead atoms. The lowest BCUT2D eigenvalue weighted by Crippen LogP contribution is -2.14. The minimum Gasteiger partial charge on any atom is -0.494 e. The number of carboxylic acid groups (broad SMARTS) is 1. The Bertz CT molecular complexity index is 1660. The zero-order chi connectivity index (χ0) is 29.9. The third kappa shape index (κ3) is 9.13. The number of aliphatic carboxylic acids is 1. The van der Waals surface area contributed by atoms with E-state index in [1.54, 1.807) is 18.2 Å². The summed E-state index contributed by atoms with van der Waals surface area (Å²) >= 11 is 13.8. The van der Waals surface area contributed by atoms with Crippen LogP contribution >= 0.6 is 46.9 Å². The van der Waals surface area contributed by atoms with E-state index < -0.39 is 11.8 Å². The van der Waals surface area contributed by atoms with E-state index in [0.29, 0.717) is 54.4 Å². The molecule has 2 aromatic carbocycles. The van der Waals surface area contributed by atoms with Crippen molar-refractivity contribution < 1.29 is 33.4 Å². The molecule has 16 heteroatoms. The number of carbonyl (C=O) groups excluding carboxylic acids is 3. The summed E-state index contributed by atoms with van der Waals surface area (Å²) < 4.78 is 21.9. The predicted molar refractivity (Wildman–Crippen MR) is 153 cm³/mol. The van der Waals surface area contributed by atoms with E-state index in [2.05, 4.69) is 20.4 Å². The molecule has 0 fully saturated rings. The van der Waals surface area contributed by atoms with Crippen molar-refractivity contribution in [2.45, 2.75) is 30.6 Å². The molecule has 0 aliphatic rings. The summed E-state index contributed by atoms with van der Waals surface area (Å²) in [7, 11) is 0. The predicted octanol–water partition coefficient (Wildman–Crippen LogP) is 5.35. The first kappa shape index (κ1) is 31.8. The average Bonchev–Trinajstić information content (AvgIpc) is 3.25. The quantitative estimate of drug-likeness (QED) is 0.152. The van der Waals surface area contributed by atoms with Gasteiger partial charge in [-0.3, -0.25) is 9.59 Å². The lowest BCUT2D eigenvalue weighted by atomic mass is 10.0. The number of nitrogens with zero attached hydrogens (tertiary/aromatic N) is 4. The van der Waals surface area contributed by atoms with Crippen molar-refractivity contribution in [2.75, 3.05) is 17.7 Å². The van der Waals surface area contributed by atoms with Gasteiger partial charge in [-0.25, -0.2) is 19.0 Å². The maximum atomic E-state index is 13.6. The van der Waals surface area contributed by atoms with Gasteiger partial charge in [0.2, 0.25) is 0 Å². The Morgan fingerprint density at radius 1 is 1.27 bits per heavy atom. The maximum absolute atomic E-state index is 13.6. The molecule has 0 saturated carbocycles. The number of hydrogen-bond donors (Lipinski definition) is 2. The van der Waals surface area contributed by atoms with Gasteiger partial charge in [-0.1, -0.05) is 34.7 Å². The van der Waals surface area contributed by atoms with E-state index in [1.165, 1.54) is 46.2 Å². The van der Waals surface area contributed by atoms with Crippen molar-refractivity contribution in [3.05, 3.63) is 57.0 Å². The van der Waals surface area contributed by atoms with Crippen molar-refractivity contribution in [3.8, 4) is 5.75 Å². The van der Waals surface area contributed by atoms with Crippen LogP contribution in [-0.2, 0) is 32.1 Å². The Balaban J connectivity index is 0.00000147. The average molecular weight is 638 g/mol. The van der Waals surface area contributed by atoms with Crippen molar-refractivity contribution in [1.82, 2.24) is 19.7 Å². The van der Waals surface area contributed by atoms with Gasteiger partial charge < -0.3 is 15.2 Å². The number of carboxylic acids is 1. The number of nitrogens with one attached hydrogen (secondary N) is 1. The third-order valence-corrected chi connectivity index (χ3v) is 7.88. The highest BCUT2D eigenvalue weighted by molar-refractivity contribution is 8.01. The smallest absolute Gasteiger partial charge is 0.373 e. The van der Waals surface area contributed by atoms with E-state index in [-0.39, 0.29) is 36.3 Å². The highest BCUT2D eigenvalue weighted by atomic mass is 35.5. The van der Waals surface area contributed by atoms with Crippen LogP contribution in [0.15, 0.2) is 41.0 Å². The second kappa shape index (κ2) is 15.3. The molecule has 0 aliphatic heterocycles. The minimum absolute atomic E-state index is 0.00681. The van der Waals surface area contributed by atoms with Crippen molar-refractivity contribution >= 4 is 87.2 Å². The second-order valence-corrected chi connectivity index (χ2v) is 11.3. The third-order valence-electron chi connectivity index (χ3n) is 5.14. The van der Waals surface area contributed by atoms with Gasteiger partial charge in [0.1, 0.15) is 30.3 Å². The number of ether oxygens (including phenoxy) is 1. The van der Waals surface area contributed by atoms with E-state index in [1.807, 2.05) is 6.92 Å². The van der Waals surface area contributed by atoms with E-state index in [9.17, 15) is 14.0 Å². The molecule has 0 radical (unpaired) electrons. The van der Waals surface area contributed by atoms with Crippen LogP contribution in [0.25, 0.3) is 10.9 Å². The number of ketones is 1. The summed E-state index contributed by atoms with van der Waals surface area (Å²) in [6.07, 6.45) is 1.70. The van der Waals surface area contributed by atoms with Gasteiger partial charge >= 0.3 is 12.1 Å². The number of aromatic nitrogens is 4. The molecular formula is C25H21ClFN5O6S3. The van der Waals surface area contributed by atoms with Crippen LogP contribution in [0, 0.1) is 9.77 Å². The maximum Gasteiger partial charge on any atom is 0.373 e. The summed E-state index contributed by atoms with van der Waals surface area (Å²) in [4.78, 5) is 48.7. The molecule has 2 aromatic heterocycles. The molecule has 0 amide bonds. The molecule has 0 saturated heterocycles. The topological polar surface area (TPSA) is 153 Å². The van der Waals surface area contributed by atoms with Crippen LogP contribution in [0.4, 0.5) is 15.9 Å². The van der Waals surface area contributed by atoms with Crippen molar-refractivity contribution in [3.63, 3.8) is 0 Å². The molecule has 0 unspecified atom stereocenters. The number of anilines is 2. The van der Waals surface area contributed by atoms with Crippen LogP contribution in [0.5, 0.6) is 5.75 Å². The summed E-state index contributed by atoms with van der Waals surface area (Å²) in [5, 5.41) is 16.9. The fraction of sp³-hybridized carbons (Fsp3) is 0.240. The number of hydrogen-bond acceptors (Lipinski definition) is 12. The van der Waals surface area contributed by atoms with Crippen LogP contribution < -0.4 is 10.1 Å². The number of halogens is 2. The Kier molecular flexibility index (Phi) is 11.9. The van der Waals surface area contributed by atoms with Crippen molar-refractivity contribution in [2.24, 2.45) is 0 Å². The first-order valence-corrected chi connectivity index (χ1v) is 14.3. The van der Waals surface area contributed by atoms with E-state index in [4.69, 9.17) is 43.3 Å². The minimum atomic E-state index is -0.888. The Morgan fingerprint density at radius 3 is 2.71 bits per heavy atom. The second-order valence-electron chi connectivity index (χ2n) is 7.97. The number of benzene rings is 2. The largest absolute Gasteiger partial charge is 0.494 e. The molecule has 11 nitrogen and oxygen atoms in total. The summed E-state index contributed by atoms with van der Waals surface area (Å²) in [6, 6.07) is 7.79. The monoisotopic (exact) mass is 637 g/mol. The van der Waals surface area contributed by atoms with Crippen LogP contribution in [0.1, 0.15) is 18.9 Å². The molecule has 2 heterocycles. The molecule has 0 spiro atoms. The van der Waals surface area contributed by atoms with Gasteiger partial charge in [0.15, 0.2) is 14.1 Å². The fourth-order valence-corrected chi connectivity index (χ4v) is 5.98. The number of rotatable bonds is 12. The lowest BCUT2D eigenvalue weighted by Gasteiger charge is -2.14. The number of thioether (sulfide) groups is 1. The Labute approximate surface area is 250 Å². The molecule has 41 heavy (non-hydrogen) atoms. The normalized spacial score (nSPS) is 10.4. The van der Waals surface area contributed by atoms with E-state index >= 15 is 0 Å². The first-order valence-electron chi connectivity index (χ1n) is 11.7. The van der Waals surface area contributed by atoms with Gasteiger partial charge in [0.05, 0.1) is 23.6 Å². The standard InChI is InChI=1S/C24H21ClFN5O4S3.CO2/c1-2-35-20-10-19-16(22(28-12-27-19)29-14-3-4-18(26)17(25)9-14)8-13(20)7-15(32)11-31-24(36)38-23(30-31)37-6-5-21(33)34;2-1-3/h3-4,8-10,12H,2,5-7,11H2,1H3,(H,33,34)(H,27,28,29);. The van der Waals surface area contributed by atoms with Gasteiger partial charge in [0, 0.05) is 34.9 Å². The molecule has 214 valence electrons. The highest BCUT2D eigenvalue weighted by Crippen LogP contribution is 2.31. The summed E-state index contributed by atoms with van der Waals surface area (Å²) in [5.74, 6) is -0.220. The van der Waals surface area contributed by atoms with E-state index in [0.717, 1.165) is 0 Å². The molecular weight excluding hydrogens is 617 g/mol. The van der Waals surface area contributed by atoms with Crippen LogP contribution in [0.2, 0.25) is 5.02 Å². The molecule has 0 aliphatic carbocycles. The van der Waals surface area contributed by atoms with Crippen molar-refractivity contribution in [1.29, 1.82) is 0 Å². The highest BCUT2D eigenvalue weighted by Gasteiger charge is 2.16. The SMILES string of the molecule is CCOc1cc2ncnc(Nc3ccc(F)c(Cl)c3)c2cc1CC(=O)Cn1nc(SCCC(=O)O)sc1=S.O=C=O. The summed E-state index contributed by atoms with van der Waals surface area (Å²) in [5.41, 5.74) is 1.77. The molecule has 4 rings (SSSR count). The lowest BCUT2D eigenvalue weighted by molar-refractivity contribution is -0.191. The number of carbonyl (C=O) groups is 2. The number of fused-ring (bicyclic) bond motifs is 1. The summed E-state index contributed by atoms with van der Waals surface area (Å²) in [6.45, 7) is 2.20. The van der Waals surface area contributed by atoms with Gasteiger partial charge in [-0.2, -0.15) is 14.7 Å². The molecule has 4 aromatic rings. The molecule has 0 atom stereocenters. The van der Waals surface area contributed by atoms with Gasteiger partial charge in [-0.15, -0.1) is 0 Å². The molecule has 2 N–H and O–H groups in total. The fourth-order valence-electron chi connectivity index (χ4n) is 3.47. The van der Waals surface area contributed by atoms with Crippen LogP contribution in [0.3, 0.4) is 0 Å². The Hall–Kier alpha value is -3.75. The van der Waals surface area contributed by atoms with Gasteiger partial charge in [0.25, 0.3) is 0 Å². The number of Topliss-reactive ketones (excluding diaryl/α,β-unsaturated/α-hetero) is 1. The van der Waals surface area contributed by atoms with Crippen LogP contribution in [-0.4, -0.2) is 55.1 Å². The zero-order valence-corrected chi connectivity index (χ0v) is 24.5.